The van der Waals surface area contributed by atoms with Gasteiger partial charge in [-0.2, -0.15) is 5.10 Å². The Balaban J connectivity index is 2.61. The minimum absolute atomic E-state index is 0.197. The van der Waals surface area contributed by atoms with Crippen LogP contribution in [0.5, 0.6) is 0 Å². The van der Waals surface area contributed by atoms with E-state index in [4.69, 9.17) is 0 Å². The molecule has 1 amide bonds. The zero-order chi connectivity index (χ0) is 13.1. The lowest BCUT2D eigenvalue weighted by molar-refractivity contribution is 0.0948. The number of carbonyl (C=O) groups excluding carboxylic acids is 1. The smallest absolute Gasteiger partial charge is 0.274 e. The molecular formula is C13H15N3O2. The van der Waals surface area contributed by atoms with Gasteiger partial charge in [0.25, 0.3) is 11.5 Å². The first-order valence-corrected chi connectivity index (χ1v) is 5.89. The molecule has 1 aromatic carbocycles. The van der Waals surface area contributed by atoms with Crippen molar-refractivity contribution in [2.24, 2.45) is 7.05 Å². The molecule has 0 aliphatic carbocycles. The Hall–Kier alpha value is -2.17. The number of nitrogens with zero attached hydrogens (tertiary/aromatic N) is 2. The Morgan fingerprint density at radius 2 is 2.00 bits per heavy atom. The van der Waals surface area contributed by atoms with Gasteiger partial charge < -0.3 is 5.32 Å². The molecule has 0 bridgehead atoms. The molecule has 2 rings (SSSR count). The van der Waals surface area contributed by atoms with Crippen molar-refractivity contribution in [1.82, 2.24) is 15.1 Å². The topological polar surface area (TPSA) is 64.0 Å². The molecule has 0 saturated heterocycles. The minimum Gasteiger partial charge on any atom is -0.351 e. The van der Waals surface area contributed by atoms with Gasteiger partial charge in [-0.3, -0.25) is 9.59 Å². The van der Waals surface area contributed by atoms with E-state index in [0.29, 0.717) is 23.0 Å². The molecule has 0 spiro atoms. The highest BCUT2D eigenvalue weighted by molar-refractivity contribution is 6.04. The molecule has 0 aliphatic rings. The zero-order valence-electron chi connectivity index (χ0n) is 10.4. The van der Waals surface area contributed by atoms with Crippen LogP contribution in [0.3, 0.4) is 0 Å². The molecule has 0 atom stereocenters. The number of hydrogen-bond donors (Lipinski definition) is 1. The Kier molecular flexibility index (Phi) is 3.41. The first-order chi connectivity index (χ1) is 8.65. The lowest BCUT2D eigenvalue weighted by atomic mass is 10.1. The number of hydrogen-bond acceptors (Lipinski definition) is 3. The second-order valence-corrected chi connectivity index (χ2v) is 4.08. The van der Waals surface area contributed by atoms with Gasteiger partial charge >= 0.3 is 0 Å². The fraction of sp³-hybridized carbons (Fsp3) is 0.308. The van der Waals surface area contributed by atoms with Crippen LogP contribution in [-0.2, 0) is 7.05 Å². The predicted molar refractivity (Wildman–Crippen MR) is 69.6 cm³/mol. The standard InChI is InChI=1S/C13H15N3O2/c1-3-8-14-12(17)11-9-6-4-5-7-10(9)13(18)16(2)15-11/h4-7H,3,8H2,1-2H3,(H,14,17). The van der Waals surface area contributed by atoms with E-state index >= 15 is 0 Å². The Labute approximate surface area is 104 Å². The molecule has 0 radical (unpaired) electrons. The van der Waals surface area contributed by atoms with E-state index in [1.54, 1.807) is 31.3 Å². The maximum absolute atomic E-state index is 12.0. The molecule has 1 heterocycles. The first kappa shape index (κ1) is 12.3. The monoisotopic (exact) mass is 245 g/mol. The fourth-order valence-electron chi connectivity index (χ4n) is 1.79. The van der Waals surface area contributed by atoms with E-state index in [0.717, 1.165) is 6.42 Å². The molecule has 0 aliphatic heterocycles. The van der Waals surface area contributed by atoms with Crippen LogP contribution in [-0.4, -0.2) is 22.2 Å². The second kappa shape index (κ2) is 5.00. The van der Waals surface area contributed by atoms with Crippen molar-refractivity contribution in [3.8, 4) is 0 Å². The summed E-state index contributed by atoms with van der Waals surface area (Å²) in [6.45, 7) is 2.57. The van der Waals surface area contributed by atoms with Crippen molar-refractivity contribution >= 4 is 16.7 Å². The van der Waals surface area contributed by atoms with Gasteiger partial charge in [-0.1, -0.05) is 25.1 Å². The molecule has 0 unspecified atom stereocenters. The van der Waals surface area contributed by atoms with Crippen LogP contribution in [0.4, 0.5) is 0 Å². The minimum atomic E-state index is -0.247. The van der Waals surface area contributed by atoms with E-state index in [1.807, 2.05) is 6.92 Å². The molecule has 0 fully saturated rings. The van der Waals surface area contributed by atoms with Crippen LogP contribution in [0.15, 0.2) is 29.1 Å². The fourth-order valence-corrected chi connectivity index (χ4v) is 1.79. The normalized spacial score (nSPS) is 10.6. The molecule has 5 heteroatoms. The van der Waals surface area contributed by atoms with E-state index in [2.05, 4.69) is 10.4 Å². The van der Waals surface area contributed by atoms with Gasteiger partial charge in [0, 0.05) is 19.0 Å². The third-order valence-corrected chi connectivity index (χ3v) is 2.71. The summed E-state index contributed by atoms with van der Waals surface area (Å²) in [4.78, 5) is 23.9. The summed E-state index contributed by atoms with van der Waals surface area (Å²) in [7, 11) is 1.55. The molecule has 1 aromatic heterocycles. The zero-order valence-corrected chi connectivity index (χ0v) is 10.4. The Morgan fingerprint density at radius 3 is 2.67 bits per heavy atom. The maximum atomic E-state index is 12.0. The molecule has 0 saturated carbocycles. The van der Waals surface area contributed by atoms with Crippen molar-refractivity contribution in [2.45, 2.75) is 13.3 Å². The largest absolute Gasteiger partial charge is 0.351 e. The third-order valence-electron chi connectivity index (χ3n) is 2.71. The summed E-state index contributed by atoms with van der Waals surface area (Å²) in [6, 6.07) is 7.01. The van der Waals surface area contributed by atoms with Crippen LogP contribution in [0.25, 0.3) is 10.8 Å². The third kappa shape index (κ3) is 2.11. The highest BCUT2D eigenvalue weighted by Crippen LogP contribution is 2.12. The van der Waals surface area contributed by atoms with Gasteiger partial charge in [-0.15, -0.1) is 0 Å². The van der Waals surface area contributed by atoms with Gasteiger partial charge in [-0.05, 0) is 12.5 Å². The maximum Gasteiger partial charge on any atom is 0.274 e. The number of rotatable bonds is 3. The SMILES string of the molecule is CCCNC(=O)c1nn(C)c(=O)c2ccccc12. The molecule has 18 heavy (non-hydrogen) atoms. The molecular weight excluding hydrogens is 230 g/mol. The number of aryl methyl sites for hydroxylation is 1. The van der Waals surface area contributed by atoms with Crippen LogP contribution >= 0.6 is 0 Å². The number of fused-ring (bicyclic) bond motifs is 1. The number of carbonyl (C=O) groups is 1. The number of benzene rings is 1. The van der Waals surface area contributed by atoms with Gasteiger partial charge in [0.15, 0.2) is 5.69 Å². The molecule has 1 N–H and O–H groups in total. The van der Waals surface area contributed by atoms with Gasteiger partial charge in [0.05, 0.1) is 5.39 Å². The quantitative estimate of drug-likeness (QED) is 0.879. The number of nitrogens with one attached hydrogen (secondary N) is 1. The van der Waals surface area contributed by atoms with Crippen LogP contribution in [0.1, 0.15) is 23.8 Å². The summed E-state index contributed by atoms with van der Waals surface area (Å²) in [5.41, 5.74) is 0.0961. The predicted octanol–water partition coefficient (Wildman–Crippen LogP) is 1.07. The molecule has 5 nitrogen and oxygen atoms in total. The summed E-state index contributed by atoms with van der Waals surface area (Å²) in [5.74, 6) is -0.247. The van der Waals surface area contributed by atoms with Crippen molar-refractivity contribution in [3.05, 3.63) is 40.3 Å². The van der Waals surface area contributed by atoms with E-state index in [-0.39, 0.29) is 11.5 Å². The van der Waals surface area contributed by atoms with Crippen LogP contribution < -0.4 is 10.9 Å². The van der Waals surface area contributed by atoms with Crippen molar-refractivity contribution in [2.75, 3.05) is 6.54 Å². The summed E-state index contributed by atoms with van der Waals surface area (Å²) >= 11 is 0. The lowest BCUT2D eigenvalue weighted by Gasteiger charge is -2.08. The highest BCUT2D eigenvalue weighted by atomic mass is 16.2. The van der Waals surface area contributed by atoms with Crippen LogP contribution in [0, 0.1) is 0 Å². The molecule has 94 valence electrons. The highest BCUT2D eigenvalue weighted by Gasteiger charge is 2.14. The van der Waals surface area contributed by atoms with Gasteiger partial charge in [0.1, 0.15) is 0 Å². The van der Waals surface area contributed by atoms with Crippen molar-refractivity contribution in [1.29, 1.82) is 0 Å². The summed E-state index contributed by atoms with van der Waals surface area (Å²) in [6.07, 6.45) is 0.857. The number of aromatic nitrogens is 2. The first-order valence-electron chi connectivity index (χ1n) is 5.89. The van der Waals surface area contributed by atoms with Crippen LogP contribution in [0.2, 0.25) is 0 Å². The van der Waals surface area contributed by atoms with Crippen molar-refractivity contribution in [3.63, 3.8) is 0 Å². The number of amides is 1. The summed E-state index contributed by atoms with van der Waals surface area (Å²) in [5, 5.41) is 7.92. The van der Waals surface area contributed by atoms with E-state index in [1.165, 1.54) is 4.68 Å². The average molecular weight is 245 g/mol. The average Bonchev–Trinajstić information content (AvgIpc) is 2.40. The molecule has 2 aromatic rings. The van der Waals surface area contributed by atoms with Gasteiger partial charge in [0.2, 0.25) is 0 Å². The second-order valence-electron chi connectivity index (χ2n) is 4.08. The van der Waals surface area contributed by atoms with E-state index in [9.17, 15) is 9.59 Å². The lowest BCUT2D eigenvalue weighted by Crippen LogP contribution is -2.29. The Morgan fingerprint density at radius 1 is 1.33 bits per heavy atom. The summed E-state index contributed by atoms with van der Waals surface area (Å²) < 4.78 is 1.20. The van der Waals surface area contributed by atoms with E-state index < -0.39 is 0 Å². The van der Waals surface area contributed by atoms with Crippen molar-refractivity contribution < 1.29 is 4.79 Å². The van der Waals surface area contributed by atoms with Gasteiger partial charge in [-0.25, -0.2) is 4.68 Å². The Bertz CT molecular complexity index is 646.